The van der Waals surface area contributed by atoms with Crippen LogP contribution in [0, 0.1) is 0 Å². The largest absolute Gasteiger partial charge is 0.493 e. The van der Waals surface area contributed by atoms with Gasteiger partial charge in [0.15, 0.2) is 19.8 Å². The number of benzene rings is 2. The Bertz CT molecular complexity index is 1460. The van der Waals surface area contributed by atoms with Gasteiger partial charge >= 0.3 is 0 Å². The van der Waals surface area contributed by atoms with Gasteiger partial charge in [-0.05, 0) is 36.3 Å². The first-order valence-corrected chi connectivity index (χ1v) is 15.7. The summed E-state index contributed by atoms with van der Waals surface area (Å²) in [7, 11) is 1.15. The maximum atomic E-state index is 6.92. The highest BCUT2D eigenvalue weighted by molar-refractivity contribution is 6.74. The molecule has 0 radical (unpaired) electrons. The number of aromatic nitrogens is 4. The monoisotopic (exact) mass is 533 g/mol. The molecule has 0 spiro atoms. The van der Waals surface area contributed by atoms with Crippen molar-refractivity contribution in [1.82, 2.24) is 19.9 Å². The lowest BCUT2D eigenvalue weighted by Crippen LogP contribution is -2.48. The van der Waals surface area contributed by atoms with Crippen molar-refractivity contribution in [2.75, 3.05) is 32.2 Å². The zero-order valence-electron chi connectivity index (χ0n) is 23.1. The first-order valence-electron chi connectivity index (χ1n) is 12.8. The molecule has 38 heavy (non-hydrogen) atoms. The molecule has 5 rings (SSSR count). The normalized spacial score (nSPS) is 18.2. The molecule has 3 heterocycles. The van der Waals surface area contributed by atoms with Gasteiger partial charge in [0, 0.05) is 18.0 Å². The lowest BCUT2D eigenvalue weighted by molar-refractivity contribution is 0.0777. The van der Waals surface area contributed by atoms with E-state index in [0.717, 1.165) is 27.8 Å². The summed E-state index contributed by atoms with van der Waals surface area (Å²) in [4.78, 5) is 20.6. The predicted molar refractivity (Wildman–Crippen MR) is 151 cm³/mol. The van der Waals surface area contributed by atoms with E-state index in [1.807, 2.05) is 36.4 Å². The third-order valence-electron chi connectivity index (χ3n) is 7.59. The summed E-state index contributed by atoms with van der Waals surface area (Å²) in [6, 6.07) is 11.6. The van der Waals surface area contributed by atoms with Crippen LogP contribution in [-0.2, 0) is 4.43 Å². The molecule has 200 valence electrons. The summed E-state index contributed by atoms with van der Waals surface area (Å²) >= 11 is 0. The quantitative estimate of drug-likeness (QED) is 0.295. The van der Waals surface area contributed by atoms with E-state index >= 15 is 0 Å². The smallest absolute Gasteiger partial charge is 0.233 e. The maximum absolute atomic E-state index is 6.92. The zero-order chi connectivity index (χ0) is 27.1. The van der Waals surface area contributed by atoms with Crippen LogP contribution in [0.25, 0.3) is 21.9 Å². The predicted octanol–water partition coefficient (Wildman–Crippen LogP) is 5.25. The van der Waals surface area contributed by atoms with Crippen molar-refractivity contribution in [3.8, 4) is 17.4 Å². The first kappa shape index (κ1) is 26.1. The second-order valence-corrected chi connectivity index (χ2v) is 15.9. The van der Waals surface area contributed by atoms with Gasteiger partial charge in [-0.2, -0.15) is 0 Å². The van der Waals surface area contributed by atoms with Gasteiger partial charge < -0.3 is 23.5 Å². The summed E-state index contributed by atoms with van der Waals surface area (Å²) in [5.41, 5.74) is 2.41. The Morgan fingerprint density at radius 2 is 1.55 bits per heavy atom. The van der Waals surface area contributed by atoms with Crippen LogP contribution in [0.3, 0.4) is 0 Å². The van der Waals surface area contributed by atoms with Crippen molar-refractivity contribution in [2.45, 2.75) is 51.1 Å². The lowest BCUT2D eigenvalue weighted by atomic mass is 10.2. The Morgan fingerprint density at radius 3 is 2.26 bits per heavy atom. The number of anilines is 1. The molecule has 0 N–H and O–H groups in total. The molecule has 1 fully saturated rings. The molecule has 0 amide bonds. The van der Waals surface area contributed by atoms with Crippen molar-refractivity contribution in [3.05, 3.63) is 48.9 Å². The average Bonchev–Trinajstić information content (AvgIpc) is 3.27. The molecule has 2 aromatic heterocycles. The highest BCUT2D eigenvalue weighted by Crippen LogP contribution is 2.40. The van der Waals surface area contributed by atoms with E-state index in [0.29, 0.717) is 30.5 Å². The molecule has 10 heteroatoms. The number of ether oxygens (including phenoxy) is 3. The second kappa shape index (κ2) is 9.99. The van der Waals surface area contributed by atoms with Gasteiger partial charge in [-0.3, -0.25) is 0 Å². The highest BCUT2D eigenvalue weighted by atomic mass is 28.4. The summed E-state index contributed by atoms with van der Waals surface area (Å²) < 4.78 is 24.5. The third kappa shape index (κ3) is 4.98. The van der Waals surface area contributed by atoms with Gasteiger partial charge in [-0.25, -0.2) is 19.9 Å². The molecule has 9 nitrogen and oxygen atoms in total. The van der Waals surface area contributed by atoms with Crippen molar-refractivity contribution in [1.29, 1.82) is 0 Å². The number of rotatable bonds is 7. The molecule has 0 saturated carbocycles. The molecule has 0 bridgehead atoms. The Labute approximate surface area is 224 Å². The number of para-hydroxylation sites is 2. The minimum absolute atomic E-state index is 0.0548. The Balaban J connectivity index is 1.50. The fourth-order valence-electron chi connectivity index (χ4n) is 4.47. The van der Waals surface area contributed by atoms with Crippen LogP contribution in [0.4, 0.5) is 5.82 Å². The third-order valence-corrected chi connectivity index (χ3v) is 12.1. The Morgan fingerprint density at radius 1 is 0.868 bits per heavy atom. The summed E-state index contributed by atoms with van der Waals surface area (Å²) in [6.07, 6.45) is 2.83. The molecule has 0 aliphatic carbocycles. The molecule has 1 saturated heterocycles. The number of hydrogen-bond acceptors (Lipinski definition) is 9. The van der Waals surface area contributed by atoms with E-state index in [4.69, 9.17) is 23.6 Å². The Hall–Kier alpha value is -3.50. The van der Waals surface area contributed by atoms with Gasteiger partial charge in [-0.1, -0.05) is 32.9 Å². The van der Waals surface area contributed by atoms with Gasteiger partial charge in [0.1, 0.15) is 24.4 Å². The minimum Gasteiger partial charge on any atom is -0.493 e. The zero-order valence-corrected chi connectivity index (χ0v) is 24.1. The second-order valence-electron chi connectivity index (χ2n) is 11.1. The molecule has 1 aliphatic rings. The summed E-state index contributed by atoms with van der Waals surface area (Å²) in [5, 5.41) is 0.932. The van der Waals surface area contributed by atoms with Gasteiger partial charge in [-0.15, -0.1) is 0 Å². The van der Waals surface area contributed by atoms with Crippen LogP contribution >= 0.6 is 0 Å². The molecule has 2 atom stereocenters. The topological polar surface area (TPSA) is 91.7 Å². The van der Waals surface area contributed by atoms with Crippen LogP contribution in [-0.4, -0.2) is 67.8 Å². The van der Waals surface area contributed by atoms with Crippen LogP contribution in [0.2, 0.25) is 18.1 Å². The molecule has 2 aromatic carbocycles. The van der Waals surface area contributed by atoms with E-state index in [1.54, 1.807) is 26.7 Å². The van der Waals surface area contributed by atoms with Crippen molar-refractivity contribution in [2.24, 2.45) is 0 Å². The van der Waals surface area contributed by atoms with Crippen LogP contribution in [0.15, 0.2) is 48.9 Å². The first-order chi connectivity index (χ1) is 18.1. The SMILES string of the molecule is COc1cc2ncnc(N3CC(Oc4cnc5ccccc5n4)C(O[Si](C)(C)C(C)(C)C)C3)c2cc1OC. The lowest BCUT2D eigenvalue weighted by Gasteiger charge is -2.39. The Kier molecular flexibility index (Phi) is 6.87. The summed E-state index contributed by atoms with van der Waals surface area (Å²) in [6.45, 7) is 12.5. The number of nitrogens with zero attached hydrogens (tertiary/aromatic N) is 5. The molecule has 1 aliphatic heterocycles. The van der Waals surface area contributed by atoms with E-state index in [9.17, 15) is 0 Å². The number of hydrogen-bond donors (Lipinski definition) is 0. The van der Waals surface area contributed by atoms with Crippen LogP contribution in [0.1, 0.15) is 20.8 Å². The molecule has 2 unspecified atom stereocenters. The van der Waals surface area contributed by atoms with Gasteiger partial charge in [0.05, 0.1) is 43.5 Å². The van der Waals surface area contributed by atoms with Crippen LogP contribution < -0.4 is 19.1 Å². The fourth-order valence-corrected chi connectivity index (χ4v) is 5.81. The van der Waals surface area contributed by atoms with E-state index in [-0.39, 0.29) is 17.2 Å². The van der Waals surface area contributed by atoms with Gasteiger partial charge in [0.2, 0.25) is 5.88 Å². The number of fused-ring (bicyclic) bond motifs is 2. The molecule has 4 aromatic rings. The standard InChI is InChI=1S/C28H35N5O4Si/c1-28(2,3)38(6,7)37-25-16-33(15-24(25)36-26-14-29-19-10-8-9-11-20(19)32-26)27-18-12-22(34-4)23(35-5)13-21(18)30-17-31-27/h8-14,17,24-25H,15-16H2,1-7H3. The van der Waals surface area contributed by atoms with Crippen molar-refractivity contribution in [3.63, 3.8) is 0 Å². The molecular weight excluding hydrogens is 498 g/mol. The van der Waals surface area contributed by atoms with E-state index in [2.05, 4.69) is 53.7 Å². The summed E-state index contributed by atoms with van der Waals surface area (Å²) in [5.74, 6) is 2.54. The van der Waals surface area contributed by atoms with Gasteiger partial charge in [0.25, 0.3) is 0 Å². The molecular formula is C28H35N5O4Si. The van der Waals surface area contributed by atoms with E-state index < -0.39 is 8.32 Å². The van der Waals surface area contributed by atoms with Crippen molar-refractivity contribution < 1.29 is 18.6 Å². The van der Waals surface area contributed by atoms with Crippen LogP contribution in [0.5, 0.6) is 17.4 Å². The highest BCUT2D eigenvalue weighted by Gasteiger charge is 2.45. The van der Waals surface area contributed by atoms with Crippen molar-refractivity contribution >= 4 is 36.1 Å². The minimum atomic E-state index is -2.10. The number of methoxy groups -OCH3 is 2. The van der Waals surface area contributed by atoms with E-state index in [1.165, 1.54) is 0 Å². The fraction of sp³-hybridized carbons (Fsp3) is 0.429. The average molecular weight is 534 g/mol. The maximum Gasteiger partial charge on any atom is 0.233 e.